The number of benzene rings is 1. The van der Waals surface area contributed by atoms with Crippen LogP contribution in [0.3, 0.4) is 0 Å². The van der Waals surface area contributed by atoms with Gasteiger partial charge in [-0.1, -0.05) is 44.5 Å². The van der Waals surface area contributed by atoms with Gasteiger partial charge in [-0.3, -0.25) is 9.20 Å². The number of aryl methyl sites for hydroxylation is 1. The molecule has 3 unspecified atom stereocenters. The van der Waals surface area contributed by atoms with Crippen molar-refractivity contribution in [1.82, 2.24) is 10.6 Å². The van der Waals surface area contributed by atoms with Gasteiger partial charge in [-0.25, -0.2) is 0 Å². The number of nitrogens with one attached hydrogen (secondary N) is 2. The van der Waals surface area contributed by atoms with Gasteiger partial charge in [-0.15, -0.1) is 24.0 Å². The Balaban J connectivity index is 0.00000364. The van der Waals surface area contributed by atoms with Gasteiger partial charge in [0.15, 0.2) is 5.96 Å². The number of hydrogen-bond donors (Lipinski definition) is 2. The van der Waals surface area contributed by atoms with E-state index in [1.165, 1.54) is 11.1 Å². The first kappa shape index (κ1) is 24.4. The molecule has 0 heterocycles. The van der Waals surface area contributed by atoms with E-state index >= 15 is 0 Å². The zero-order valence-corrected chi connectivity index (χ0v) is 20.1. The Kier molecular flexibility index (Phi) is 12.2. The van der Waals surface area contributed by atoms with Gasteiger partial charge in [0, 0.05) is 40.9 Å². The molecule has 0 bridgehead atoms. The molecule has 154 valence electrons. The lowest BCUT2D eigenvalue weighted by Crippen LogP contribution is -2.46. The summed E-state index contributed by atoms with van der Waals surface area (Å²) in [4.78, 5) is 4.75. The lowest BCUT2D eigenvalue weighted by atomic mass is 9.95. The number of aliphatic imine (C=N–C) groups is 1. The molecule has 0 saturated heterocycles. The third-order valence-electron chi connectivity index (χ3n) is 5.07. The molecule has 4 nitrogen and oxygen atoms in total. The second-order valence-electron chi connectivity index (χ2n) is 6.98. The number of guanidine groups is 1. The number of rotatable bonds is 8. The smallest absolute Gasteiger partial charge is 0.191 e. The van der Waals surface area contributed by atoms with Crippen LogP contribution in [0.4, 0.5) is 0 Å². The topological polar surface area (TPSA) is 53.5 Å². The summed E-state index contributed by atoms with van der Waals surface area (Å²) in [5, 5.41) is 7.27. The highest BCUT2D eigenvalue weighted by molar-refractivity contribution is 14.0. The second-order valence-corrected chi connectivity index (χ2v) is 8.99. The summed E-state index contributed by atoms with van der Waals surface area (Å²) in [6.07, 6.45) is 6.41. The molecule has 6 heteroatoms. The maximum absolute atomic E-state index is 12.1. The van der Waals surface area contributed by atoms with Crippen LogP contribution in [-0.2, 0) is 23.6 Å². The molecule has 0 aliphatic heterocycles. The van der Waals surface area contributed by atoms with Crippen LogP contribution in [0.1, 0.15) is 57.6 Å². The first-order chi connectivity index (χ1) is 12.7. The van der Waals surface area contributed by atoms with Crippen molar-refractivity contribution in [2.45, 2.75) is 70.6 Å². The van der Waals surface area contributed by atoms with Gasteiger partial charge < -0.3 is 10.6 Å². The van der Waals surface area contributed by atoms with Crippen LogP contribution in [-0.4, -0.2) is 40.3 Å². The third-order valence-corrected chi connectivity index (χ3v) is 6.81. The normalized spacial score (nSPS) is 21.2. The molecule has 1 saturated carbocycles. The van der Waals surface area contributed by atoms with Crippen LogP contribution in [0.2, 0.25) is 0 Å². The van der Waals surface area contributed by atoms with E-state index < -0.39 is 10.8 Å². The van der Waals surface area contributed by atoms with Crippen LogP contribution in [0.25, 0.3) is 0 Å². The van der Waals surface area contributed by atoms with Crippen LogP contribution in [0.15, 0.2) is 29.3 Å². The first-order valence-electron chi connectivity index (χ1n) is 10.2. The van der Waals surface area contributed by atoms with E-state index in [0.29, 0.717) is 11.3 Å². The Morgan fingerprint density at radius 1 is 1.15 bits per heavy atom. The highest BCUT2D eigenvalue weighted by Gasteiger charge is 2.25. The van der Waals surface area contributed by atoms with Gasteiger partial charge in [-0.05, 0) is 50.2 Å². The Morgan fingerprint density at radius 2 is 1.85 bits per heavy atom. The maximum Gasteiger partial charge on any atom is 0.191 e. The van der Waals surface area contributed by atoms with Gasteiger partial charge in [0.2, 0.25) is 0 Å². The predicted molar refractivity (Wildman–Crippen MR) is 129 cm³/mol. The molecule has 1 aromatic rings. The summed E-state index contributed by atoms with van der Waals surface area (Å²) in [6, 6.07) is 9.21. The first-order valence-corrected chi connectivity index (χ1v) is 11.5. The van der Waals surface area contributed by atoms with Crippen molar-refractivity contribution in [3.05, 3.63) is 35.4 Å². The summed E-state index contributed by atoms with van der Waals surface area (Å²) in [7, 11) is -0.686. The van der Waals surface area contributed by atoms with Crippen molar-refractivity contribution in [1.29, 1.82) is 0 Å². The summed E-state index contributed by atoms with van der Waals surface area (Å²) in [5.74, 6) is 1.66. The Hall–Kier alpha value is -0.630. The van der Waals surface area contributed by atoms with Gasteiger partial charge in [0.05, 0.1) is 0 Å². The second kappa shape index (κ2) is 13.5. The molecular formula is C21H36IN3OS. The summed E-state index contributed by atoms with van der Waals surface area (Å²) >= 11 is 0. The molecular weight excluding hydrogens is 469 g/mol. The van der Waals surface area contributed by atoms with Crippen molar-refractivity contribution in [2.75, 3.05) is 18.8 Å². The van der Waals surface area contributed by atoms with Crippen molar-refractivity contribution in [2.24, 2.45) is 4.99 Å². The molecule has 0 aromatic heterocycles. The van der Waals surface area contributed by atoms with E-state index in [2.05, 4.69) is 48.7 Å². The highest BCUT2D eigenvalue weighted by atomic mass is 127. The zero-order valence-electron chi connectivity index (χ0n) is 17.0. The molecule has 3 atom stereocenters. The summed E-state index contributed by atoms with van der Waals surface area (Å²) in [6.45, 7) is 7.92. The number of halogens is 1. The molecule has 1 aromatic carbocycles. The maximum atomic E-state index is 12.1. The predicted octanol–water partition coefficient (Wildman–Crippen LogP) is 4.04. The molecule has 0 radical (unpaired) electrons. The SMILES string of the molecule is CCNC(=NCCc1ccc(CC)cc1)NC1CCCC(S(=O)CC)C1.I. The Labute approximate surface area is 184 Å². The van der Waals surface area contributed by atoms with Crippen LogP contribution in [0.5, 0.6) is 0 Å². The third kappa shape index (κ3) is 8.50. The fraction of sp³-hybridized carbons (Fsp3) is 0.667. The summed E-state index contributed by atoms with van der Waals surface area (Å²) in [5.41, 5.74) is 2.71. The molecule has 2 rings (SSSR count). The van der Waals surface area contributed by atoms with E-state index in [1.807, 2.05) is 6.92 Å². The number of hydrogen-bond acceptors (Lipinski definition) is 2. The molecule has 1 aliphatic carbocycles. The molecule has 0 amide bonds. The average molecular weight is 506 g/mol. The average Bonchev–Trinajstić information content (AvgIpc) is 2.68. The lowest BCUT2D eigenvalue weighted by Gasteiger charge is -2.30. The quantitative estimate of drug-likeness (QED) is 0.319. The van der Waals surface area contributed by atoms with Crippen molar-refractivity contribution in [3.63, 3.8) is 0 Å². The fourth-order valence-corrected chi connectivity index (χ4v) is 4.85. The van der Waals surface area contributed by atoms with Crippen LogP contribution in [0, 0.1) is 0 Å². The van der Waals surface area contributed by atoms with E-state index in [0.717, 1.165) is 63.3 Å². The molecule has 2 N–H and O–H groups in total. The zero-order chi connectivity index (χ0) is 18.8. The van der Waals surface area contributed by atoms with Crippen molar-refractivity contribution in [3.8, 4) is 0 Å². The lowest BCUT2D eigenvalue weighted by molar-refractivity contribution is 0.413. The Bertz CT molecular complexity index is 592. The largest absolute Gasteiger partial charge is 0.357 e. The standard InChI is InChI=1S/C21H35N3OS.HI/c1-4-17-10-12-18(13-11-17)14-15-23-21(22-5-2)24-19-8-7-9-20(16-19)26(25)6-3;/h10-13,19-20H,4-9,14-16H2,1-3H3,(H2,22,23,24);1H. The monoisotopic (exact) mass is 505 g/mol. The minimum Gasteiger partial charge on any atom is -0.357 e. The minimum atomic E-state index is -0.686. The van der Waals surface area contributed by atoms with E-state index in [-0.39, 0.29) is 24.0 Å². The van der Waals surface area contributed by atoms with E-state index in [4.69, 9.17) is 4.99 Å². The summed E-state index contributed by atoms with van der Waals surface area (Å²) < 4.78 is 12.1. The van der Waals surface area contributed by atoms with Crippen molar-refractivity contribution < 1.29 is 4.21 Å². The fourth-order valence-electron chi connectivity index (χ4n) is 3.50. The highest BCUT2D eigenvalue weighted by Crippen LogP contribution is 2.23. The van der Waals surface area contributed by atoms with Gasteiger partial charge >= 0.3 is 0 Å². The van der Waals surface area contributed by atoms with Gasteiger partial charge in [0.1, 0.15) is 0 Å². The van der Waals surface area contributed by atoms with Gasteiger partial charge in [-0.2, -0.15) is 0 Å². The van der Waals surface area contributed by atoms with Gasteiger partial charge in [0.25, 0.3) is 0 Å². The molecule has 1 aliphatic rings. The molecule has 27 heavy (non-hydrogen) atoms. The molecule has 0 spiro atoms. The van der Waals surface area contributed by atoms with E-state index in [1.54, 1.807) is 0 Å². The van der Waals surface area contributed by atoms with E-state index in [9.17, 15) is 4.21 Å². The molecule has 1 fully saturated rings. The van der Waals surface area contributed by atoms with Crippen LogP contribution >= 0.6 is 24.0 Å². The Morgan fingerprint density at radius 3 is 2.48 bits per heavy atom. The number of nitrogens with zero attached hydrogens (tertiary/aromatic N) is 1. The van der Waals surface area contributed by atoms with Crippen LogP contribution < -0.4 is 10.6 Å². The van der Waals surface area contributed by atoms with Crippen molar-refractivity contribution >= 4 is 40.7 Å². The minimum absolute atomic E-state index is 0.